The lowest BCUT2D eigenvalue weighted by Crippen LogP contribution is -2.23. The molecular formula is C11H17ClN2O4S2. The smallest absolute Gasteiger partial charge is 0.240 e. The molecule has 0 atom stereocenters. The number of hydrogen-bond acceptors (Lipinski definition) is 4. The summed E-state index contributed by atoms with van der Waals surface area (Å²) in [6.07, 6.45) is 0.351. The van der Waals surface area contributed by atoms with Gasteiger partial charge in [0.25, 0.3) is 0 Å². The summed E-state index contributed by atoms with van der Waals surface area (Å²) < 4.78 is 51.4. The highest BCUT2D eigenvalue weighted by Crippen LogP contribution is 2.15. The van der Waals surface area contributed by atoms with Gasteiger partial charge in [-0.1, -0.05) is 6.92 Å². The van der Waals surface area contributed by atoms with Crippen LogP contribution in [0.1, 0.15) is 13.3 Å². The zero-order valence-corrected chi connectivity index (χ0v) is 13.4. The Bertz CT molecular complexity index is 627. The van der Waals surface area contributed by atoms with Crippen LogP contribution in [0.4, 0.5) is 5.69 Å². The molecule has 20 heavy (non-hydrogen) atoms. The van der Waals surface area contributed by atoms with Crippen LogP contribution < -0.4 is 9.44 Å². The summed E-state index contributed by atoms with van der Waals surface area (Å²) in [6.45, 7) is 1.96. The molecule has 2 N–H and O–H groups in total. The molecule has 0 amide bonds. The molecule has 0 aliphatic rings. The number of rotatable bonds is 8. The van der Waals surface area contributed by atoms with Gasteiger partial charge in [-0.15, -0.1) is 11.6 Å². The van der Waals surface area contributed by atoms with E-state index in [2.05, 4.69) is 9.44 Å². The molecule has 0 aromatic heterocycles. The van der Waals surface area contributed by atoms with Crippen LogP contribution >= 0.6 is 11.6 Å². The minimum Gasteiger partial charge on any atom is -0.284 e. The molecule has 0 aliphatic carbocycles. The number of halogens is 1. The highest BCUT2D eigenvalue weighted by molar-refractivity contribution is 7.92. The lowest BCUT2D eigenvalue weighted by molar-refractivity contribution is 0.584. The molecule has 1 aromatic rings. The average Bonchev–Trinajstić information content (AvgIpc) is 2.36. The molecule has 0 spiro atoms. The maximum absolute atomic E-state index is 11.7. The van der Waals surface area contributed by atoms with Crippen LogP contribution in [0.5, 0.6) is 0 Å². The van der Waals surface area contributed by atoms with E-state index in [1.807, 2.05) is 0 Å². The summed E-state index contributed by atoms with van der Waals surface area (Å²) in [4.78, 5) is 0.0862. The normalized spacial score (nSPS) is 12.3. The lowest BCUT2D eigenvalue weighted by atomic mass is 10.3. The highest BCUT2D eigenvalue weighted by atomic mass is 35.5. The zero-order chi connectivity index (χ0) is 15.2. The van der Waals surface area contributed by atoms with Crippen LogP contribution in [-0.2, 0) is 20.0 Å². The zero-order valence-electron chi connectivity index (χ0n) is 11.0. The van der Waals surface area contributed by atoms with Crippen LogP contribution in [0.15, 0.2) is 29.2 Å². The monoisotopic (exact) mass is 340 g/mol. The van der Waals surface area contributed by atoms with E-state index in [-0.39, 0.29) is 23.1 Å². The third-order valence-electron chi connectivity index (χ3n) is 2.32. The second-order valence-corrected chi connectivity index (χ2v) is 7.98. The largest absolute Gasteiger partial charge is 0.284 e. The van der Waals surface area contributed by atoms with E-state index in [1.54, 1.807) is 6.92 Å². The van der Waals surface area contributed by atoms with Gasteiger partial charge in [-0.3, -0.25) is 4.72 Å². The fourth-order valence-electron chi connectivity index (χ4n) is 1.45. The second-order valence-electron chi connectivity index (χ2n) is 3.99. The van der Waals surface area contributed by atoms with Crippen molar-refractivity contribution >= 4 is 37.3 Å². The van der Waals surface area contributed by atoms with Gasteiger partial charge in [-0.2, -0.15) is 0 Å². The molecule has 0 aliphatic heterocycles. The van der Waals surface area contributed by atoms with E-state index in [0.717, 1.165) is 0 Å². The summed E-state index contributed by atoms with van der Waals surface area (Å²) in [6, 6.07) is 5.50. The molecule has 6 nitrogen and oxygen atoms in total. The van der Waals surface area contributed by atoms with Crippen molar-refractivity contribution in [2.75, 3.05) is 22.9 Å². The van der Waals surface area contributed by atoms with E-state index in [9.17, 15) is 16.8 Å². The van der Waals surface area contributed by atoms with Crippen LogP contribution in [0, 0.1) is 0 Å². The number of benzene rings is 1. The van der Waals surface area contributed by atoms with Crippen molar-refractivity contribution in [3.05, 3.63) is 24.3 Å². The Labute approximate surface area is 124 Å². The summed E-state index contributed by atoms with van der Waals surface area (Å²) in [5.41, 5.74) is 0.315. The molecule has 0 saturated heterocycles. The van der Waals surface area contributed by atoms with Gasteiger partial charge in [-0.25, -0.2) is 21.6 Å². The van der Waals surface area contributed by atoms with E-state index in [0.29, 0.717) is 12.1 Å². The first kappa shape index (κ1) is 17.2. The van der Waals surface area contributed by atoms with Crippen molar-refractivity contribution in [1.82, 2.24) is 4.72 Å². The molecule has 0 bridgehead atoms. The first-order valence-electron chi connectivity index (χ1n) is 5.97. The molecule has 0 unspecified atom stereocenters. The quantitative estimate of drug-likeness (QED) is 0.699. The van der Waals surface area contributed by atoms with Crippen LogP contribution in [0.3, 0.4) is 0 Å². The average molecular weight is 341 g/mol. The molecule has 1 rings (SSSR count). The van der Waals surface area contributed by atoms with E-state index >= 15 is 0 Å². The summed E-state index contributed by atoms with van der Waals surface area (Å²) in [5, 5.41) is 0. The SMILES string of the molecule is CCNS(=O)(=O)c1ccc(NS(=O)(=O)CCCCl)cc1. The number of sulfonamides is 2. The Hall–Kier alpha value is -0.830. The van der Waals surface area contributed by atoms with Gasteiger partial charge in [0.05, 0.1) is 10.6 Å². The molecule has 0 heterocycles. The topological polar surface area (TPSA) is 92.3 Å². The Morgan fingerprint density at radius 1 is 1.10 bits per heavy atom. The third kappa shape index (κ3) is 5.28. The van der Waals surface area contributed by atoms with Gasteiger partial charge in [0.1, 0.15) is 0 Å². The van der Waals surface area contributed by atoms with Crippen LogP contribution in [-0.4, -0.2) is 35.0 Å². The van der Waals surface area contributed by atoms with E-state index < -0.39 is 20.0 Å². The van der Waals surface area contributed by atoms with Crippen molar-refractivity contribution in [2.45, 2.75) is 18.2 Å². The predicted octanol–water partition coefficient (Wildman–Crippen LogP) is 1.36. The molecule has 0 radical (unpaired) electrons. The second kappa shape index (κ2) is 7.26. The van der Waals surface area contributed by atoms with Crippen molar-refractivity contribution in [3.63, 3.8) is 0 Å². The molecule has 1 aromatic carbocycles. The molecular weight excluding hydrogens is 324 g/mol. The van der Waals surface area contributed by atoms with Crippen molar-refractivity contribution in [1.29, 1.82) is 0 Å². The number of nitrogens with one attached hydrogen (secondary N) is 2. The van der Waals surface area contributed by atoms with Crippen molar-refractivity contribution in [2.24, 2.45) is 0 Å². The number of hydrogen-bond donors (Lipinski definition) is 2. The first-order valence-corrected chi connectivity index (χ1v) is 9.64. The fourth-order valence-corrected chi connectivity index (χ4v) is 3.91. The van der Waals surface area contributed by atoms with Gasteiger partial charge in [-0.05, 0) is 30.7 Å². The van der Waals surface area contributed by atoms with Gasteiger partial charge < -0.3 is 0 Å². The highest BCUT2D eigenvalue weighted by Gasteiger charge is 2.13. The molecule has 9 heteroatoms. The van der Waals surface area contributed by atoms with E-state index in [4.69, 9.17) is 11.6 Å². The summed E-state index contributed by atoms with van der Waals surface area (Å²) in [7, 11) is -6.98. The Balaban J connectivity index is 2.82. The maximum Gasteiger partial charge on any atom is 0.240 e. The molecule has 0 saturated carbocycles. The fraction of sp³-hybridized carbons (Fsp3) is 0.455. The molecule has 0 fully saturated rings. The van der Waals surface area contributed by atoms with Crippen LogP contribution in [0.2, 0.25) is 0 Å². The standard InChI is InChI=1S/C11H17ClN2O4S2/c1-2-13-20(17,18)11-6-4-10(5-7-11)14-19(15,16)9-3-8-12/h4-7,13-14H,2-3,8-9H2,1H3. The Kier molecular flexibility index (Phi) is 6.25. The van der Waals surface area contributed by atoms with Crippen molar-refractivity contribution in [3.8, 4) is 0 Å². The van der Waals surface area contributed by atoms with Crippen molar-refractivity contribution < 1.29 is 16.8 Å². The van der Waals surface area contributed by atoms with Gasteiger partial charge >= 0.3 is 0 Å². The van der Waals surface area contributed by atoms with Crippen LogP contribution in [0.25, 0.3) is 0 Å². The lowest BCUT2D eigenvalue weighted by Gasteiger charge is -2.08. The Morgan fingerprint density at radius 3 is 2.20 bits per heavy atom. The first-order chi connectivity index (χ1) is 9.30. The summed E-state index contributed by atoms with van der Waals surface area (Å²) in [5.74, 6) is 0.189. The van der Waals surface area contributed by atoms with Gasteiger partial charge in [0.2, 0.25) is 20.0 Å². The summed E-state index contributed by atoms with van der Waals surface area (Å²) >= 11 is 5.45. The van der Waals surface area contributed by atoms with Gasteiger partial charge in [0.15, 0.2) is 0 Å². The maximum atomic E-state index is 11.7. The minimum absolute atomic E-state index is 0.0755. The van der Waals surface area contributed by atoms with E-state index in [1.165, 1.54) is 24.3 Å². The number of alkyl halides is 1. The number of anilines is 1. The minimum atomic E-state index is -3.53. The third-order valence-corrected chi connectivity index (χ3v) is 5.52. The Morgan fingerprint density at radius 2 is 1.70 bits per heavy atom. The predicted molar refractivity (Wildman–Crippen MR) is 80.1 cm³/mol. The van der Waals surface area contributed by atoms with Gasteiger partial charge in [0, 0.05) is 18.1 Å². The molecule has 114 valence electrons.